The van der Waals surface area contributed by atoms with Crippen molar-refractivity contribution >= 4 is 36.6 Å². The third-order valence-electron chi connectivity index (χ3n) is 0.923. The minimum absolute atomic E-state index is 0.982. The van der Waals surface area contributed by atoms with Crippen LogP contribution in [0.15, 0.2) is 15.2 Å². The summed E-state index contributed by atoms with van der Waals surface area (Å²) in [6.45, 7) is 2.03. The van der Waals surface area contributed by atoms with Crippen LogP contribution in [0.4, 0.5) is 0 Å². The van der Waals surface area contributed by atoms with E-state index in [1.807, 2.05) is 12.3 Å². The van der Waals surface area contributed by atoms with E-state index in [-0.39, 0.29) is 0 Å². The third-order valence-corrected chi connectivity index (χ3v) is 3.27. The second-order valence-corrected chi connectivity index (χ2v) is 3.54. The molecule has 0 aliphatic carbocycles. The van der Waals surface area contributed by atoms with Gasteiger partial charge in [-0.2, -0.15) is 0 Å². The number of thiophene rings is 1. The van der Waals surface area contributed by atoms with E-state index < -0.39 is 0 Å². The minimum Gasteiger partial charge on any atom is -0.147 e. The van der Waals surface area contributed by atoms with Crippen molar-refractivity contribution in [1.29, 1.82) is 0 Å². The molecule has 0 atom stereocenters. The van der Waals surface area contributed by atoms with E-state index in [0.717, 1.165) is 9.79 Å². The van der Waals surface area contributed by atoms with Crippen molar-refractivity contribution in [1.82, 2.24) is 0 Å². The highest BCUT2D eigenvalue weighted by Crippen LogP contribution is 2.27. The lowest BCUT2D eigenvalue weighted by Crippen LogP contribution is -1.60. The lowest BCUT2D eigenvalue weighted by Gasteiger charge is -1.84. The van der Waals surface area contributed by atoms with Crippen molar-refractivity contribution < 1.29 is 0 Å². The highest BCUT2D eigenvalue weighted by Gasteiger charge is 1.97. The molecule has 0 aliphatic heterocycles. The number of hydrogen-bond donors (Lipinski definition) is 2. The first kappa shape index (κ1) is 6.52. The summed E-state index contributed by atoms with van der Waals surface area (Å²) >= 11 is 10.0. The molecule has 1 aromatic rings. The van der Waals surface area contributed by atoms with Gasteiger partial charge in [0.05, 0.1) is 0 Å². The van der Waals surface area contributed by atoms with Crippen LogP contribution in [-0.4, -0.2) is 0 Å². The zero-order chi connectivity index (χ0) is 6.15. The van der Waals surface area contributed by atoms with Gasteiger partial charge < -0.3 is 0 Å². The number of hydrogen-bond acceptors (Lipinski definition) is 3. The summed E-state index contributed by atoms with van der Waals surface area (Å²) in [6, 6.07) is 0. The van der Waals surface area contributed by atoms with Crippen LogP contribution >= 0.6 is 36.6 Å². The average Bonchev–Trinajstić information content (AvgIpc) is 1.98. The SMILES string of the molecule is Cc1scc(S)c1S. The summed E-state index contributed by atoms with van der Waals surface area (Å²) in [6.07, 6.45) is 0. The van der Waals surface area contributed by atoms with Gasteiger partial charge in [0.15, 0.2) is 0 Å². The summed E-state index contributed by atoms with van der Waals surface area (Å²) < 4.78 is 0. The molecular weight excluding hydrogens is 156 g/mol. The quantitative estimate of drug-likeness (QED) is 0.538. The van der Waals surface area contributed by atoms with Crippen LogP contribution in [0.2, 0.25) is 0 Å². The lowest BCUT2D eigenvalue weighted by atomic mass is 10.5. The largest absolute Gasteiger partial charge is 0.147 e. The maximum absolute atomic E-state index is 4.20. The Bertz CT molecular complexity index is 170. The van der Waals surface area contributed by atoms with Crippen molar-refractivity contribution in [2.24, 2.45) is 0 Å². The second-order valence-electron chi connectivity index (χ2n) is 1.53. The number of thiol groups is 2. The topological polar surface area (TPSA) is 0 Å². The van der Waals surface area contributed by atoms with Gasteiger partial charge in [-0.1, -0.05) is 0 Å². The number of rotatable bonds is 0. The van der Waals surface area contributed by atoms with Gasteiger partial charge in [-0.15, -0.1) is 36.6 Å². The first-order chi connectivity index (χ1) is 3.72. The van der Waals surface area contributed by atoms with E-state index in [1.54, 1.807) is 11.3 Å². The third kappa shape index (κ3) is 1.04. The zero-order valence-electron chi connectivity index (χ0n) is 4.38. The van der Waals surface area contributed by atoms with Crippen molar-refractivity contribution in [3.8, 4) is 0 Å². The van der Waals surface area contributed by atoms with E-state index in [1.165, 1.54) is 4.88 Å². The maximum atomic E-state index is 4.20. The molecule has 1 aromatic heterocycles. The molecule has 0 fully saturated rings. The molecule has 1 rings (SSSR count). The normalized spacial score (nSPS) is 9.88. The number of aryl methyl sites for hydroxylation is 1. The summed E-state index contributed by atoms with van der Waals surface area (Å²) in [7, 11) is 0. The Morgan fingerprint density at radius 1 is 1.50 bits per heavy atom. The first-order valence-electron chi connectivity index (χ1n) is 2.18. The average molecular weight is 162 g/mol. The van der Waals surface area contributed by atoms with E-state index in [9.17, 15) is 0 Å². The molecule has 1 heterocycles. The predicted molar refractivity (Wildman–Crippen MR) is 43.6 cm³/mol. The molecule has 0 amide bonds. The molecule has 3 heteroatoms. The van der Waals surface area contributed by atoms with Gasteiger partial charge in [0.1, 0.15) is 0 Å². The van der Waals surface area contributed by atoms with Crippen LogP contribution < -0.4 is 0 Å². The Kier molecular flexibility index (Phi) is 1.90. The van der Waals surface area contributed by atoms with Crippen molar-refractivity contribution in [3.05, 3.63) is 10.3 Å². The fourth-order valence-corrected chi connectivity index (χ4v) is 1.78. The van der Waals surface area contributed by atoms with E-state index >= 15 is 0 Å². The van der Waals surface area contributed by atoms with Crippen molar-refractivity contribution in [2.45, 2.75) is 16.7 Å². The molecule has 0 aromatic carbocycles. The summed E-state index contributed by atoms with van der Waals surface area (Å²) in [5, 5.41) is 1.99. The van der Waals surface area contributed by atoms with Gasteiger partial charge in [0.2, 0.25) is 0 Å². The lowest BCUT2D eigenvalue weighted by molar-refractivity contribution is 1.29. The standard InChI is InChI=1S/C5H6S3/c1-3-5(7)4(6)2-8-3/h2,6-7H,1H3. The highest BCUT2D eigenvalue weighted by atomic mass is 32.1. The van der Waals surface area contributed by atoms with Gasteiger partial charge >= 0.3 is 0 Å². The predicted octanol–water partition coefficient (Wildman–Crippen LogP) is 2.63. The molecule has 0 nitrogen and oxygen atoms in total. The van der Waals surface area contributed by atoms with Gasteiger partial charge in [-0.3, -0.25) is 0 Å². The maximum Gasteiger partial charge on any atom is 0.0311 e. The van der Waals surface area contributed by atoms with Crippen LogP contribution in [0.1, 0.15) is 4.88 Å². The summed E-state index contributed by atoms with van der Waals surface area (Å²) in [5.41, 5.74) is 0. The van der Waals surface area contributed by atoms with E-state index in [4.69, 9.17) is 0 Å². The first-order valence-corrected chi connectivity index (χ1v) is 3.95. The Morgan fingerprint density at radius 3 is 2.25 bits per heavy atom. The molecule has 44 valence electrons. The monoisotopic (exact) mass is 162 g/mol. The molecule has 0 saturated heterocycles. The van der Waals surface area contributed by atoms with E-state index in [0.29, 0.717) is 0 Å². The fraction of sp³-hybridized carbons (Fsp3) is 0.200. The second kappa shape index (κ2) is 2.33. The molecule has 0 N–H and O–H groups in total. The smallest absolute Gasteiger partial charge is 0.0311 e. The highest BCUT2D eigenvalue weighted by molar-refractivity contribution is 7.83. The molecule has 0 radical (unpaired) electrons. The van der Waals surface area contributed by atoms with Crippen LogP contribution in [-0.2, 0) is 0 Å². The minimum atomic E-state index is 0.982. The van der Waals surface area contributed by atoms with Crippen molar-refractivity contribution in [2.75, 3.05) is 0 Å². The van der Waals surface area contributed by atoms with Gasteiger partial charge in [0, 0.05) is 20.0 Å². The molecular formula is C5H6S3. The molecule has 0 aliphatic rings. The molecule has 0 spiro atoms. The van der Waals surface area contributed by atoms with Crippen LogP contribution in [0.5, 0.6) is 0 Å². The molecule has 0 bridgehead atoms. The van der Waals surface area contributed by atoms with Crippen molar-refractivity contribution in [3.63, 3.8) is 0 Å². The van der Waals surface area contributed by atoms with Crippen LogP contribution in [0, 0.1) is 6.92 Å². The summed E-state index contributed by atoms with van der Waals surface area (Å²) in [5.74, 6) is 0. The van der Waals surface area contributed by atoms with Crippen LogP contribution in [0.3, 0.4) is 0 Å². The van der Waals surface area contributed by atoms with E-state index in [2.05, 4.69) is 25.3 Å². The Labute approximate surface area is 63.7 Å². The molecule has 0 unspecified atom stereocenters. The van der Waals surface area contributed by atoms with Crippen LogP contribution in [0.25, 0.3) is 0 Å². The van der Waals surface area contributed by atoms with Gasteiger partial charge in [0.25, 0.3) is 0 Å². The Morgan fingerprint density at radius 2 is 2.12 bits per heavy atom. The Hall–Kier alpha value is 0.400. The molecule has 0 saturated carbocycles. The zero-order valence-corrected chi connectivity index (χ0v) is 6.99. The molecule has 8 heavy (non-hydrogen) atoms. The van der Waals surface area contributed by atoms with Gasteiger partial charge in [-0.05, 0) is 6.92 Å². The summed E-state index contributed by atoms with van der Waals surface area (Å²) in [4.78, 5) is 3.23. The van der Waals surface area contributed by atoms with Gasteiger partial charge in [-0.25, -0.2) is 0 Å². The fourth-order valence-electron chi connectivity index (χ4n) is 0.436. The Balaban J connectivity index is 3.19.